The van der Waals surface area contributed by atoms with Crippen molar-refractivity contribution in [3.8, 4) is 29.3 Å². The van der Waals surface area contributed by atoms with E-state index in [0.29, 0.717) is 29.3 Å². The lowest BCUT2D eigenvalue weighted by atomic mass is 10.1. The van der Waals surface area contributed by atoms with Crippen LogP contribution in [0.2, 0.25) is 13.0 Å². The number of hydrogen-bond acceptors (Lipinski definition) is 10. The summed E-state index contributed by atoms with van der Waals surface area (Å²) >= 11 is 4.41. The second-order valence-electron chi connectivity index (χ2n) is 9.26. The van der Waals surface area contributed by atoms with Crippen LogP contribution < -0.4 is 31.6 Å². The van der Waals surface area contributed by atoms with Crippen molar-refractivity contribution >= 4 is 112 Å². The number of urea groups is 2. The van der Waals surface area contributed by atoms with E-state index in [9.17, 15) is 28.8 Å². The van der Waals surface area contributed by atoms with Crippen molar-refractivity contribution in [2.75, 3.05) is 0 Å². The van der Waals surface area contributed by atoms with Crippen LogP contribution >= 0.6 is 45.3 Å². The molecule has 0 atom stereocenters. The standard InChI is InChI=1S/C28H18N4O6S4Si/c1-43(2)19-9-17(15-5-3-11(39-15)7-13-23(33)29-27(37)30-24(13)34)41-21(19)22-20(43)10-18(42-22)16-6-4-12(40-16)8-14-25(35)31-28(38)32-26(14)36/h3-10H,1-2H3,(H2,29,30,33,34,37)(H2,31,32,35,36,38)/i1D3,2D3,7D,8D. The highest BCUT2D eigenvalue weighted by atomic mass is 32.1. The van der Waals surface area contributed by atoms with E-state index in [1.807, 2.05) is 21.3 Å². The van der Waals surface area contributed by atoms with Gasteiger partial charge < -0.3 is 0 Å². The normalized spacial score (nSPS) is 20.6. The van der Waals surface area contributed by atoms with Gasteiger partial charge in [0.25, 0.3) is 23.6 Å². The number of fused-ring (bicyclic) bond motifs is 3. The predicted octanol–water partition coefficient (Wildman–Crippen LogP) is 3.57. The van der Waals surface area contributed by atoms with Crippen molar-refractivity contribution in [3.05, 3.63) is 57.3 Å². The van der Waals surface area contributed by atoms with Crippen molar-refractivity contribution in [2.24, 2.45) is 0 Å². The van der Waals surface area contributed by atoms with Crippen molar-refractivity contribution in [1.82, 2.24) is 21.3 Å². The second kappa shape index (κ2) is 9.89. The lowest BCUT2D eigenvalue weighted by molar-refractivity contribution is -0.125. The number of hydrogen-bond donors (Lipinski definition) is 4. The first-order chi connectivity index (χ1) is 23.8. The zero-order valence-corrected chi connectivity index (χ0v) is 25.3. The van der Waals surface area contributed by atoms with Crippen LogP contribution in [0.15, 0.2) is 47.5 Å². The molecule has 10 nitrogen and oxygen atoms in total. The number of amides is 8. The molecular weight excluding hydrogens is 645 g/mol. The number of thiophene rings is 4. The summed E-state index contributed by atoms with van der Waals surface area (Å²) in [4.78, 5) is 75.6. The fourth-order valence-corrected chi connectivity index (χ4v) is 12.4. The average Bonchev–Trinajstić information content (AvgIpc) is 3.81. The molecular formula is C28H18N4O6S4Si. The third kappa shape index (κ3) is 4.65. The molecule has 0 bridgehead atoms. The Morgan fingerprint density at radius 2 is 1.00 bits per heavy atom. The van der Waals surface area contributed by atoms with Gasteiger partial charge in [-0.1, -0.05) is 13.0 Å². The Bertz CT molecular complexity index is 2160. The van der Waals surface area contributed by atoms with Gasteiger partial charge in [-0.25, -0.2) is 9.59 Å². The molecule has 15 heteroatoms. The van der Waals surface area contributed by atoms with Gasteiger partial charge in [0.05, 0.1) is 2.74 Å². The molecule has 3 aliphatic rings. The van der Waals surface area contributed by atoms with Gasteiger partial charge in [0.1, 0.15) is 19.2 Å². The molecule has 7 rings (SSSR count). The van der Waals surface area contributed by atoms with E-state index in [-0.39, 0.29) is 20.1 Å². The lowest BCUT2D eigenvalue weighted by Crippen LogP contribution is -2.51. The molecule has 3 aliphatic heterocycles. The van der Waals surface area contributed by atoms with Crippen molar-refractivity contribution in [1.29, 1.82) is 0 Å². The van der Waals surface area contributed by atoms with Gasteiger partial charge in [-0.05, 0) is 58.9 Å². The molecule has 4 N–H and O–H groups in total. The highest BCUT2D eigenvalue weighted by Gasteiger charge is 2.41. The van der Waals surface area contributed by atoms with E-state index in [1.165, 1.54) is 34.8 Å². The molecule has 7 heterocycles. The first kappa shape index (κ1) is 19.8. The maximum absolute atomic E-state index is 12.3. The van der Waals surface area contributed by atoms with E-state index in [0.717, 1.165) is 22.7 Å². The van der Waals surface area contributed by atoms with Gasteiger partial charge >= 0.3 is 12.1 Å². The van der Waals surface area contributed by atoms with E-state index < -0.39 is 80.0 Å². The second-order valence-corrected chi connectivity index (χ2v) is 16.1. The topological polar surface area (TPSA) is 151 Å². The summed E-state index contributed by atoms with van der Waals surface area (Å²) in [5.41, 5.74) is -1.12. The van der Waals surface area contributed by atoms with Crippen LogP contribution in [0.1, 0.15) is 20.7 Å². The van der Waals surface area contributed by atoms with Crippen LogP contribution in [-0.4, -0.2) is 43.8 Å². The fourth-order valence-electron chi connectivity index (χ4n) is 4.54. The summed E-state index contributed by atoms with van der Waals surface area (Å²) in [5.74, 6) is -4.11. The fraction of sp³-hybridized carbons (Fsp3) is 0.0714. The number of rotatable bonds is 4. The van der Waals surface area contributed by atoms with Crippen LogP contribution in [0, 0.1) is 0 Å². The van der Waals surface area contributed by atoms with Crippen LogP contribution in [-0.2, 0) is 19.2 Å². The van der Waals surface area contributed by atoms with Crippen molar-refractivity contribution < 1.29 is 39.7 Å². The largest absolute Gasteiger partial charge is 0.328 e. The molecule has 8 amide bonds. The molecule has 43 heavy (non-hydrogen) atoms. The van der Waals surface area contributed by atoms with Gasteiger partial charge in [0.2, 0.25) is 0 Å². The molecule has 0 saturated carbocycles. The molecule has 0 aliphatic carbocycles. The number of barbiturate groups is 2. The Hall–Kier alpha value is -4.28. The molecule has 214 valence electrons. The van der Waals surface area contributed by atoms with Crippen LogP contribution in [0.5, 0.6) is 0 Å². The van der Waals surface area contributed by atoms with Crippen LogP contribution in [0.3, 0.4) is 0 Å². The van der Waals surface area contributed by atoms with E-state index >= 15 is 0 Å². The number of carbonyl (C=O) groups is 6. The van der Waals surface area contributed by atoms with E-state index in [2.05, 4.69) is 0 Å². The highest BCUT2D eigenvalue weighted by Crippen LogP contribution is 2.46. The van der Waals surface area contributed by atoms with Gasteiger partial charge in [0, 0.05) is 47.2 Å². The molecule has 0 spiro atoms. The zero-order chi connectivity index (χ0) is 36.9. The molecule has 4 aromatic heterocycles. The van der Waals surface area contributed by atoms with E-state index in [4.69, 9.17) is 11.0 Å². The highest BCUT2D eigenvalue weighted by molar-refractivity contribution is 7.33. The third-order valence-corrected chi connectivity index (χ3v) is 14.1. The lowest BCUT2D eigenvalue weighted by Gasteiger charge is -2.16. The minimum absolute atomic E-state index is 0.203. The minimum atomic E-state index is -4.57. The minimum Gasteiger partial charge on any atom is -0.273 e. The maximum Gasteiger partial charge on any atom is 0.328 e. The van der Waals surface area contributed by atoms with Crippen molar-refractivity contribution in [3.63, 3.8) is 0 Å². The van der Waals surface area contributed by atoms with Gasteiger partial charge in [-0.3, -0.25) is 40.4 Å². The quantitative estimate of drug-likeness (QED) is 0.148. The smallest absolute Gasteiger partial charge is 0.273 e. The number of carbonyl (C=O) groups excluding carboxylic acids is 6. The Morgan fingerprint density at radius 1 is 0.605 bits per heavy atom. The zero-order valence-electron chi connectivity index (χ0n) is 29.0. The molecule has 0 unspecified atom stereocenters. The Balaban J connectivity index is 1.32. The average molecular weight is 671 g/mol. The first-order valence-electron chi connectivity index (χ1n) is 16.1. The maximum atomic E-state index is 12.3. The summed E-state index contributed by atoms with van der Waals surface area (Å²) < 4.78 is 68.9. The molecule has 2 fully saturated rings. The third-order valence-electron chi connectivity index (χ3n) is 6.49. The van der Waals surface area contributed by atoms with Gasteiger partial charge in [0.15, 0.2) is 0 Å². The summed E-state index contributed by atoms with van der Waals surface area (Å²) in [5, 5.41) is 8.14. The predicted molar refractivity (Wildman–Crippen MR) is 170 cm³/mol. The Kier molecular flexibility index (Phi) is 4.56. The van der Waals surface area contributed by atoms with Crippen LogP contribution in [0.25, 0.3) is 41.4 Å². The SMILES string of the molecule is [2H]C(=C1C(=O)NC(=O)NC1=O)c1ccc(-c2cc3c(s2)-c2sc(-c4ccc(C([2H])=C5C(=O)NC(=O)NC5=O)s4)cc2[Si]3(C([2H])([2H])[2H])C([2H])([2H])[2H])s1. The molecule has 0 radical (unpaired) electrons. The van der Waals surface area contributed by atoms with Gasteiger partial charge in [-0.15, -0.1) is 45.3 Å². The van der Waals surface area contributed by atoms with Crippen molar-refractivity contribution in [2.45, 2.75) is 13.0 Å². The summed E-state index contributed by atoms with van der Waals surface area (Å²) in [6.07, 6.45) is 0. The number of imide groups is 4. The van der Waals surface area contributed by atoms with Crippen LogP contribution in [0.4, 0.5) is 9.59 Å². The Labute approximate surface area is 271 Å². The molecule has 2 saturated heterocycles. The number of nitrogens with one attached hydrogen (secondary N) is 4. The van der Waals surface area contributed by atoms with Gasteiger partial charge in [-0.2, -0.15) is 0 Å². The summed E-state index contributed by atoms with van der Waals surface area (Å²) in [7, 11) is -4.57. The molecule has 4 aromatic rings. The summed E-state index contributed by atoms with van der Waals surface area (Å²) in [6.45, 7) is -5.85. The monoisotopic (exact) mass is 670 g/mol. The summed E-state index contributed by atoms with van der Waals surface area (Å²) in [6, 6.07) is 6.45. The Morgan fingerprint density at radius 3 is 1.37 bits per heavy atom. The molecule has 0 aromatic carbocycles. The first-order valence-corrected chi connectivity index (χ1v) is 17.3. The van der Waals surface area contributed by atoms with E-state index in [1.54, 1.807) is 24.3 Å².